The van der Waals surface area contributed by atoms with Gasteiger partial charge >= 0.3 is 11.9 Å². The highest BCUT2D eigenvalue weighted by molar-refractivity contribution is 7.17. The van der Waals surface area contributed by atoms with Crippen LogP contribution < -0.4 is 5.32 Å². The van der Waals surface area contributed by atoms with Crippen molar-refractivity contribution in [1.82, 2.24) is 0 Å². The van der Waals surface area contributed by atoms with Gasteiger partial charge in [0.1, 0.15) is 5.00 Å². The Bertz CT molecular complexity index is 869. The van der Waals surface area contributed by atoms with Crippen LogP contribution in [-0.4, -0.2) is 29.6 Å². The molecule has 2 aliphatic rings. The predicted molar refractivity (Wildman–Crippen MR) is 117 cm³/mol. The van der Waals surface area contributed by atoms with Crippen LogP contribution in [0.3, 0.4) is 0 Å². The second-order valence-electron chi connectivity index (χ2n) is 8.41. The van der Waals surface area contributed by atoms with E-state index in [0.29, 0.717) is 30.0 Å². The summed E-state index contributed by atoms with van der Waals surface area (Å²) in [5, 5.41) is 13.1. The van der Waals surface area contributed by atoms with Gasteiger partial charge in [0.05, 0.1) is 24.0 Å². The van der Waals surface area contributed by atoms with Gasteiger partial charge < -0.3 is 15.2 Å². The number of rotatable bonds is 7. The zero-order valence-electron chi connectivity index (χ0n) is 18.0. The maximum Gasteiger partial charge on any atom is 0.341 e. The van der Waals surface area contributed by atoms with E-state index in [4.69, 9.17) is 4.74 Å². The Hall–Kier alpha value is -2.15. The summed E-state index contributed by atoms with van der Waals surface area (Å²) in [6.07, 6.45) is 6.32. The highest BCUT2D eigenvalue weighted by Crippen LogP contribution is 2.40. The number of aryl methyl sites for hydroxylation is 1. The molecular weight excluding hydrogens is 402 g/mol. The summed E-state index contributed by atoms with van der Waals surface area (Å²) in [6, 6.07) is 0. The largest absolute Gasteiger partial charge is 0.481 e. The number of hydrogen-bond acceptors (Lipinski definition) is 5. The maximum absolute atomic E-state index is 13.1. The number of thiophene rings is 1. The van der Waals surface area contributed by atoms with Gasteiger partial charge in [-0.2, -0.15) is 0 Å². The van der Waals surface area contributed by atoms with E-state index in [9.17, 15) is 19.5 Å². The smallest absolute Gasteiger partial charge is 0.341 e. The molecule has 0 saturated carbocycles. The van der Waals surface area contributed by atoms with Crippen LogP contribution in [0.25, 0.3) is 0 Å². The fraction of sp³-hybridized carbons (Fsp3) is 0.609. The lowest BCUT2D eigenvalue weighted by molar-refractivity contribution is -0.146. The third-order valence-corrected chi connectivity index (χ3v) is 7.47. The molecule has 0 aromatic carbocycles. The molecular formula is C23H31NO5S. The van der Waals surface area contributed by atoms with Gasteiger partial charge in [0, 0.05) is 4.88 Å². The standard InChI is InChI=1S/C23H31NO5S/c1-4-5-10-29-23(28)19-15-8-6-7-9-18(15)30-21(19)24-20(25)16-11-13(2)14(3)12-17(16)22(26)27/h16-17H,4-12H2,1-3H3,(H,24,25)(H,26,27)/t16-,17-/m0/s1. The molecule has 2 aliphatic carbocycles. The molecule has 1 aromatic heterocycles. The lowest BCUT2D eigenvalue weighted by atomic mass is 9.76. The van der Waals surface area contributed by atoms with E-state index < -0.39 is 17.8 Å². The molecule has 0 bridgehead atoms. The minimum atomic E-state index is -0.952. The molecule has 1 heterocycles. The first-order chi connectivity index (χ1) is 14.3. The number of hydrogen-bond donors (Lipinski definition) is 2. The van der Waals surface area contributed by atoms with Crippen molar-refractivity contribution in [1.29, 1.82) is 0 Å². The topological polar surface area (TPSA) is 92.7 Å². The molecule has 30 heavy (non-hydrogen) atoms. The minimum absolute atomic E-state index is 0.324. The number of anilines is 1. The van der Waals surface area contributed by atoms with Crippen molar-refractivity contribution < 1.29 is 24.2 Å². The van der Waals surface area contributed by atoms with Crippen molar-refractivity contribution in [2.24, 2.45) is 11.8 Å². The molecule has 164 valence electrons. The fourth-order valence-electron chi connectivity index (χ4n) is 4.28. The Balaban J connectivity index is 1.86. The minimum Gasteiger partial charge on any atom is -0.481 e. The lowest BCUT2D eigenvalue weighted by Gasteiger charge is -2.29. The van der Waals surface area contributed by atoms with Gasteiger partial charge in [0.25, 0.3) is 0 Å². The SMILES string of the molecule is CCCCOC(=O)c1c(NC(=O)[C@H]2CC(C)=C(C)C[C@@H]2C(=O)O)sc2c1CCCC2. The second-order valence-corrected chi connectivity index (χ2v) is 9.52. The molecule has 6 nitrogen and oxygen atoms in total. The zero-order chi connectivity index (χ0) is 21.8. The third kappa shape index (κ3) is 4.77. The van der Waals surface area contributed by atoms with E-state index in [1.165, 1.54) is 11.3 Å². The number of allylic oxidation sites excluding steroid dienone is 2. The van der Waals surface area contributed by atoms with Gasteiger partial charge in [-0.15, -0.1) is 11.3 Å². The first kappa shape index (κ1) is 22.5. The Morgan fingerprint density at radius 1 is 1.10 bits per heavy atom. The molecule has 1 aromatic rings. The van der Waals surface area contributed by atoms with Crippen LogP contribution in [-0.2, 0) is 27.2 Å². The lowest BCUT2D eigenvalue weighted by Crippen LogP contribution is -2.36. The van der Waals surface area contributed by atoms with Crippen molar-refractivity contribution in [2.75, 3.05) is 11.9 Å². The van der Waals surface area contributed by atoms with Gasteiger partial charge in [-0.25, -0.2) is 4.79 Å². The number of nitrogens with one attached hydrogen (secondary N) is 1. The molecule has 0 spiro atoms. The van der Waals surface area contributed by atoms with Crippen LogP contribution in [0, 0.1) is 11.8 Å². The number of carbonyl (C=O) groups excluding carboxylic acids is 2. The van der Waals surface area contributed by atoms with Gasteiger partial charge in [0.15, 0.2) is 0 Å². The average molecular weight is 434 g/mol. The third-order valence-electron chi connectivity index (χ3n) is 6.26. The summed E-state index contributed by atoms with van der Waals surface area (Å²) in [5.74, 6) is -3.05. The van der Waals surface area contributed by atoms with Crippen molar-refractivity contribution in [3.8, 4) is 0 Å². The highest BCUT2D eigenvalue weighted by Gasteiger charge is 2.38. The number of carboxylic acid groups (broad SMARTS) is 1. The number of ether oxygens (including phenoxy) is 1. The first-order valence-electron chi connectivity index (χ1n) is 10.8. The van der Waals surface area contributed by atoms with Crippen LogP contribution in [0.2, 0.25) is 0 Å². The molecule has 7 heteroatoms. The molecule has 0 unspecified atom stereocenters. The molecule has 0 saturated heterocycles. The number of aliphatic carboxylic acids is 1. The quantitative estimate of drug-likeness (QED) is 0.360. The van der Waals surface area contributed by atoms with E-state index >= 15 is 0 Å². The maximum atomic E-state index is 13.1. The number of carboxylic acids is 1. The molecule has 0 fully saturated rings. The van der Waals surface area contributed by atoms with Crippen LogP contribution in [0.1, 0.15) is 80.1 Å². The molecule has 1 amide bonds. The van der Waals surface area contributed by atoms with E-state index in [0.717, 1.165) is 60.1 Å². The van der Waals surface area contributed by atoms with E-state index in [-0.39, 0.29) is 11.9 Å². The number of esters is 1. The molecule has 0 aliphatic heterocycles. The van der Waals surface area contributed by atoms with Gasteiger partial charge in [0.2, 0.25) is 5.91 Å². The van der Waals surface area contributed by atoms with Crippen LogP contribution in [0.5, 0.6) is 0 Å². The average Bonchev–Trinajstić information content (AvgIpc) is 3.07. The zero-order valence-corrected chi connectivity index (χ0v) is 18.8. The summed E-state index contributed by atoms with van der Waals surface area (Å²) < 4.78 is 5.47. The summed E-state index contributed by atoms with van der Waals surface area (Å²) in [4.78, 5) is 38.9. The second kappa shape index (κ2) is 9.77. The van der Waals surface area contributed by atoms with E-state index in [1.54, 1.807) is 0 Å². The number of carbonyl (C=O) groups is 3. The summed E-state index contributed by atoms with van der Waals surface area (Å²) in [6.45, 7) is 6.28. The Kier molecular flexibility index (Phi) is 7.34. The summed E-state index contributed by atoms with van der Waals surface area (Å²) in [7, 11) is 0. The van der Waals surface area contributed by atoms with Crippen LogP contribution in [0.4, 0.5) is 5.00 Å². The molecule has 3 rings (SSSR count). The Morgan fingerprint density at radius 2 is 1.77 bits per heavy atom. The normalized spacial score (nSPS) is 21.2. The van der Waals surface area contributed by atoms with Crippen LogP contribution >= 0.6 is 11.3 Å². The van der Waals surface area contributed by atoms with Gasteiger partial charge in [-0.05, 0) is 64.4 Å². The van der Waals surface area contributed by atoms with Gasteiger partial charge in [-0.1, -0.05) is 24.5 Å². The van der Waals surface area contributed by atoms with Gasteiger partial charge in [-0.3, -0.25) is 9.59 Å². The number of unbranched alkanes of at least 4 members (excludes halogenated alkanes) is 1. The predicted octanol–water partition coefficient (Wildman–Crippen LogP) is 4.97. The monoisotopic (exact) mass is 433 g/mol. The fourth-order valence-corrected chi connectivity index (χ4v) is 5.56. The van der Waals surface area contributed by atoms with Crippen molar-refractivity contribution in [3.63, 3.8) is 0 Å². The number of amides is 1. The molecule has 0 radical (unpaired) electrons. The van der Waals surface area contributed by atoms with Crippen molar-refractivity contribution >= 4 is 34.2 Å². The van der Waals surface area contributed by atoms with E-state index in [1.807, 2.05) is 20.8 Å². The Morgan fingerprint density at radius 3 is 2.43 bits per heavy atom. The Labute approximate surface area is 181 Å². The van der Waals surface area contributed by atoms with E-state index in [2.05, 4.69) is 5.32 Å². The summed E-state index contributed by atoms with van der Waals surface area (Å²) >= 11 is 1.44. The molecule has 2 N–H and O–H groups in total. The van der Waals surface area contributed by atoms with Crippen molar-refractivity contribution in [2.45, 2.75) is 72.1 Å². The van der Waals surface area contributed by atoms with Crippen molar-refractivity contribution in [3.05, 3.63) is 27.2 Å². The van der Waals surface area contributed by atoms with Crippen LogP contribution in [0.15, 0.2) is 11.1 Å². The first-order valence-corrected chi connectivity index (χ1v) is 11.7. The number of fused-ring (bicyclic) bond motifs is 1. The molecule has 2 atom stereocenters. The summed E-state index contributed by atoms with van der Waals surface area (Å²) in [5.41, 5.74) is 3.58. The highest BCUT2D eigenvalue weighted by atomic mass is 32.1.